The first-order chi connectivity index (χ1) is 20.8. The first-order valence-corrected chi connectivity index (χ1v) is 15.2. The van der Waals surface area contributed by atoms with Gasteiger partial charge in [0, 0.05) is 22.3 Å². The summed E-state index contributed by atoms with van der Waals surface area (Å²) in [6.45, 7) is 10.3. The predicted molar refractivity (Wildman–Crippen MR) is 171 cm³/mol. The van der Waals surface area contributed by atoms with Crippen LogP contribution in [0, 0.1) is 13.8 Å². The molecule has 2 aromatic heterocycles. The molecule has 6 rings (SSSR count). The highest BCUT2D eigenvalue weighted by Crippen LogP contribution is 2.36. The van der Waals surface area contributed by atoms with Gasteiger partial charge in [0.2, 0.25) is 0 Å². The van der Waals surface area contributed by atoms with Gasteiger partial charge in [-0.2, -0.15) is 0 Å². The molecule has 218 valence electrons. The maximum Gasteiger partial charge on any atom is 0.338 e. The van der Waals surface area contributed by atoms with Crippen molar-refractivity contribution in [2.24, 2.45) is 4.99 Å². The minimum absolute atomic E-state index is 0.214. The minimum Gasteiger partial charge on any atom is -0.494 e. The zero-order valence-electron chi connectivity index (χ0n) is 24.9. The summed E-state index contributed by atoms with van der Waals surface area (Å²) in [6, 6.07) is 23.5. The van der Waals surface area contributed by atoms with Gasteiger partial charge in [0.1, 0.15) is 11.8 Å². The topological polar surface area (TPSA) is 74.8 Å². The highest BCUT2D eigenvalue weighted by Gasteiger charge is 2.35. The van der Waals surface area contributed by atoms with Crippen molar-refractivity contribution < 1.29 is 14.3 Å². The number of ether oxygens (including phenoxy) is 2. The fourth-order valence-electron chi connectivity index (χ4n) is 5.93. The van der Waals surface area contributed by atoms with E-state index in [1.54, 1.807) is 18.4 Å². The Balaban J connectivity index is 1.54. The van der Waals surface area contributed by atoms with Gasteiger partial charge in [-0.05, 0) is 69.8 Å². The van der Waals surface area contributed by atoms with E-state index in [0.29, 0.717) is 38.5 Å². The Hall–Kier alpha value is -4.69. The fourth-order valence-corrected chi connectivity index (χ4v) is 6.97. The summed E-state index contributed by atoms with van der Waals surface area (Å²) in [7, 11) is 0. The molecule has 1 aliphatic rings. The van der Waals surface area contributed by atoms with Crippen LogP contribution in [0.5, 0.6) is 5.75 Å². The normalized spacial score (nSPS) is 15.0. The Bertz CT molecular complexity index is 2090. The second-order valence-electron chi connectivity index (χ2n) is 10.4. The van der Waals surface area contributed by atoms with Crippen LogP contribution in [0.25, 0.3) is 22.5 Å². The molecule has 0 bridgehead atoms. The molecule has 1 atom stereocenters. The number of fused-ring (bicyclic) bond motifs is 2. The highest BCUT2D eigenvalue weighted by molar-refractivity contribution is 7.07. The van der Waals surface area contributed by atoms with Gasteiger partial charge in [0.25, 0.3) is 5.56 Å². The van der Waals surface area contributed by atoms with E-state index in [4.69, 9.17) is 14.5 Å². The Morgan fingerprint density at radius 3 is 2.51 bits per heavy atom. The van der Waals surface area contributed by atoms with Crippen molar-refractivity contribution in [3.63, 3.8) is 0 Å². The third-order valence-electron chi connectivity index (χ3n) is 7.79. The van der Waals surface area contributed by atoms with E-state index in [1.165, 1.54) is 16.7 Å². The van der Waals surface area contributed by atoms with Crippen LogP contribution in [0.1, 0.15) is 49.3 Å². The molecular formula is C35H33N3O4S. The molecule has 0 fully saturated rings. The third-order valence-corrected chi connectivity index (χ3v) is 8.78. The summed E-state index contributed by atoms with van der Waals surface area (Å²) in [5, 5.41) is 2.33. The number of carbonyl (C=O) groups is 1. The van der Waals surface area contributed by atoms with Gasteiger partial charge >= 0.3 is 5.97 Å². The third kappa shape index (κ3) is 4.91. The summed E-state index contributed by atoms with van der Waals surface area (Å²) in [5.41, 5.74) is 5.49. The number of hydrogen-bond donors (Lipinski definition) is 0. The lowest BCUT2D eigenvalue weighted by molar-refractivity contribution is -0.139. The molecule has 0 radical (unpaired) electrons. The molecule has 0 saturated carbocycles. The van der Waals surface area contributed by atoms with Crippen molar-refractivity contribution in [2.45, 2.75) is 40.7 Å². The standard InChI is InChI=1S/C35H33N3O4S/c1-6-41-29-18-11-10-16-27(29)32-31(34(40)42-7-2)22(4)36-35-38(32)33(39)30(43-35)20-25-19-21(3)37(23(25)5)28-17-12-14-24-13-8-9-15-26(24)28/h8-20,32H,6-7H2,1-5H3/b30-20-/t32-/m0/s1. The Labute approximate surface area is 253 Å². The Morgan fingerprint density at radius 2 is 1.72 bits per heavy atom. The van der Waals surface area contributed by atoms with E-state index in [2.05, 4.69) is 54.8 Å². The van der Waals surface area contributed by atoms with Crippen molar-refractivity contribution >= 4 is 34.2 Å². The van der Waals surface area contributed by atoms with Gasteiger partial charge in [0.15, 0.2) is 4.80 Å². The van der Waals surface area contributed by atoms with E-state index in [9.17, 15) is 9.59 Å². The number of benzene rings is 3. The summed E-state index contributed by atoms with van der Waals surface area (Å²) < 4.78 is 15.8. The van der Waals surface area contributed by atoms with Crippen LogP contribution in [0.3, 0.4) is 0 Å². The average Bonchev–Trinajstić information content (AvgIpc) is 3.45. The van der Waals surface area contributed by atoms with E-state index < -0.39 is 12.0 Å². The van der Waals surface area contributed by atoms with Crippen LogP contribution in [-0.2, 0) is 9.53 Å². The molecular weight excluding hydrogens is 558 g/mol. The molecule has 3 heterocycles. The van der Waals surface area contributed by atoms with Crippen LogP contribution >= 0.6 is 11.3 Å². The second-order valence-corrected chi connectivity index (χ2v) is 11.4. The van der Waals surface area contributed by atoms with Crippen molar-refractivity contribution in [3.8, 4) is 11.4 Å². The van der Waals surface area contributed by atoms with E-state index in [-0.39, 0.29) is 12.2 Å². The van der Waals surface area contributed by atoms with Crippen molar-refractivity contribution in [3.05, 3.63) is 126 Å². The zero-order chi connectivity index (χ0) is 30.2. The zero-order valence-corrected chi connectivity index (χ0v) is 25.7. The number of aromatic nitrogens is 2. The van der Waals surface area contributed by atoms with Gasteiger partial charge < -0.3 is 14.0 Å². The molecule has 0 saturated heterocycles. The molecule has 7 nitrogen and oxygen atoms in total. The first kappa shape index (κ1) is 28.4. The molecule has 0 unspecified atom stereocenters. The second kappa shape index (κ2) is 11.5. The lowest BCUT2D eigenvalue weighted by Crippen LogP contribution is -2.40. The molecule has 3 aromatic carbocycles. The quantitative estimate of drug-likeness (QED) is 0.226. The number of nitrogens with zero attached hydrogens (tertiary/aromatic N) is 3. The van der Waals surface area contributed by atoms with Crippen LogP contribution in [-0.4, -0.2) is 28.3 Å². The molecule has 0 aliphatic carbocycles. The highest BCUT2D eigenvalue weighted by atomic mass is 32.1. The summed E-state index contributed by atoms with van der Waals surface area (Å²) in [4.78, 5) is 32.8. The van der Waals surface area contributed by atoms with Crippen LogP contribution in [0.2, 0.25) is 0 Å². The molecule has 43 heavy (non-hydrogen) atoms. The first-order valence-electron chi connectivity index (χ1n) is 14.4. The fraction of sp³-hybridized carbons (Fsp3) is 0.229. The van der Waals surface area contributed by atoms with Crippen LogP contribution < -0.4 is 19.6 Å². The minimum atomic E-state index is -0.733. The van der Waals surface area contributed by atoms with Crippen molar-refractivity contribution in [2.75, 3.05) is 13.2 Å². The predicted octanol–water partition coefficient (Wildman–Crippen LogP) is 5.76. The number of rotatable bonds is 7. The van der Waals surface area contributed by atoms with E-state index in [0.717, 1.165) is 28.0 Å². The lowest BCUT2D eigenvalue weighted by Gasteiger charge is -2.26. The van der Waals surface area contributed by atoms with Crippen molar-refractivity contribution in [1.29, 1.82) is 0 Å². The Morgan fingerprint density at radius 1 is 0.977 bits per heavy atom. The van der Waals surface area contributed by atoms with Crippen LogP contribution in [0.4, 0.5) is 0 Å². The van der Waals surface area contributed by atoms with E-state index >= 15 is 0 Å². The van der Waals surface area contributed by atoms with Gasteiger partial charge in [-0.25, -0.2) is 9.79 Å². The van der Waals surface area contributed by atoms with E-state index in [1.807, 2.05) is 49.4 Å². The smallest absolute Gasteiger partial charge is 0.338 e. The average molecular weight is 592 g/mol. The molecule has 0 N–H and O–H groups in total. The molecule has 1 aliphatic heterocycles. The molecule has 0 spiro atoms. The summed E-state index contributed by atoms with van der Waals surface area (Å²) in [6.07, 6.45) is 1.93. The lowest BCUT2D eigenvalue weighted by atomic mass is 9.95. The van der Waals surface area contributed by atoms with Crippen molar-refractivity contribution in [1.82, 2.24) is 9.13 Å². The number of allylic oxidation sites excluding steroid dienone is 1. The Kier molecular flexibility index (Phi) is 7.62. The van der Waals surface area contributed by atoms with Crippen LogP contribution in [0.15, 0.2) is 93.9 Å². The summed E-state index contributed by atoms with van der Waals surface area (Å²) in [5.74, 6) is 0.118. The number of carbonyl (C=O) groups excluding carboxylic acids is 1. The van der Waals surface area contributed by atoms with Gasteiger partial charge in [-0.1, -0.05) is 65.9 Å². The molecule has 0 amide bonds. The SMILES string of the molecule is CCOC(=O)C1=C(C)N=c2s/c(=C\c3cc(C)n(-c4cccc5ccccc45)c3C)c(=O)n2[C@H]1c1ccccc1OCC. The van der Waals surface area contributed by atoms with Gasteiger partial charge in [0.05, 0.1) is 34.7 Å². The number of aryl methyl sites for hydroxylation is 1. The monoisotopic (exact) mass is 591 g/mol. The number of esters is 1. The summed E-state index contributed by atoms with van der Waals surface area (Å²) >= 11 is 1.32. The number of hydrogen-bond acceptors (Lipinski definition) is 6. The maximum absolute atomic E-state index is 14.2. The largest absolute Gasteiger partial charge is 0.494 e. The van der Waals surface area contributed by atoms with Gasteiger partial charge in [-0.15, -0.1) is 0 Å². The molecule has 5 aromatic rings. The maximum atomic E-state index is 14.2. The number of para-hydroxylation sites is 1. The van der Waals surface area contributed by atoms with Gasteiger partial charge in [-0.3, -0.25) is 9.36 Å². The molecule has 8 heteroatoms. The number of thiazole rings is 1.